The highest BCUT2D eigenvalue weighted by Crippen LogP contribution is 2.34. The van der Waals surface area contributed by atoms with Gasteiger partial charge in [-0.15, -0.1) is 0 Å². The summed E-state index contributed by atoms with van der Waals surface area (Å²) < 4.78 is 5.81. The van der Waals surface area contributed by atoms with Crippen LogP contribution in [0, 0.1) is 0 Å². The summed E-state index contributed by atoms with van der Waals surface area (Å²) in [6.45, 7) is 3.58. The number of rotatable bonds is 11. The summed E-state index contributed by atoms with van der Waals surface area (Å²) in [5.74, 6) is 1.89. The molecule has 0 spiro atoms. The molecule has 2 aromatic rings. The largest absolute Gasteiger partial charge is 0.494 e. The maximum Gasteiger partial charge on any atom is 0.220 e. The van der Waals surface area contributed by atoms with Crippen molar-refractivity contribution in [2.24, 2.45) is 5.10 Å². The minimum Gasteiger partial charge on any atom is -0.494 e. The van der Waals surface area contributed by atoms with Crippen LogP contribution < -0.4 is 20.9 Å². The van der Waals surface area contributed by atoms with E-state index in [9.17, 15) is 4.79 Å². The number of hydrogen-bond acceptors (Lipinski definition) is 7. The van der Waals surface area contributed by atoms with Gasteiger partial charge < -0.3 is 20.0 Å². The molecule has 1 amide bonds. The molecule has 1 fully saturated rings. The lowest BCUT2D eigenvalue weighted by Crippen LogP contribution is -2.54. The Kier molecular flexibility index (Phi) is 7.71. The van der Waals surface area contributed by atoms with Gasteiger partial charge in [0.1, 0.15) is 17.8 Å². The van der Waals surface area contributed by atoms with E-state index >= 15 is 0 Å². The van der Waals surface area contributed by atoms with Gasteiger partial charge in [0.25, 0.3) is 0 Å². The molecule has 8 heteroatoms. The predicted octanol–water partition coefficient (Wildman–Crippen LogP) is 3.65. The van der Waals surface area contributed by atoms with Gasteiger partial charge in [-0.1, -0.05) is 55.8 Å². The highest BCUT2D eigenvalue weighted by atomic mass is 16.5. The monoisotopic (exact) mass is 488 g/mol. The van der Waals surface area contributed by atoms with Crippen molar-refractivity contribution >= 4 is 11.7 Å². The Morgan fingerprint density at radius 2 is 1.94 bits per heavy atom. The van der Waals surface area contributed by atoms with Crippen LogP contribution in [-0.2, 0) is 11.2 Å². The van der Waals surface area contributed by atoms with Crippen LogP contribution in [-0.4, -0.2) is 47.0 Å². The molecular weight excluding hydrogens is 452 g/mol. The number of amides is 1. The number of carbonyl (C=O) groups is 1. The van der Waals surface area contributed by atoms with Gasteiger partial charge in [0.2, 0.25) is 5.91 Å². The number of carbonyl (C=O) groups excluding carboxylic acids is 1. The zero-order valence-corrected chi connectivity index (χ0v) is 20.9. The van der Waals surface area contributed by atoms with Crippen LogP contribution >= 0.6 is 0 Å². The molecule has 3 atom stereocenters. The summed E-state index contributed by atoms with van der Waals surface area (Å²) in [7, 11) is 0. The van der Waals surface area contributed by atoms with Gasteiger partial charge in [0.05, 0.1) is 18.7 Å². The molecule has 8 nitrogen and oxygen atoms in total. The number of nitrogens with zero attached hydrogens (tertiary/aromatic N) is 3. The van der Waals surface area contributed by atoms with Gasteiger partial charge in [0.15, 0.2) is 0 Å². The van der Waals surface area contributed by atoms with Crippen molar-refractivity contribution in [2.45, 2.75) is 63.7 Å². The third-order valence-electron chi connectivity index (χ3n) is 7.02. The van der Waals surface area contributed by atoms with E-state index in [1.165, 1.54) is 11.1 Å². The lowest BCUT2D eigenvalue weighted by molar-refractivity contribution is -0.120. The van der Waals surface area contributed by atoms with Crippen molar-refractivity contribution < 1.29 is 9.53 Å². The second-order valence-electron chi connectivity index (χ2n) is 9.56. The van der Waals surface area contributed by atoms with E-state index in [-0.39, 0.29) is 24.2 Å². The van der Waals surface area contributed by atoms with E-state index < -0.39 is 0 Å². The zero-order chi connectivity index (χ0) is 24.7. The smallest absolute Gasteiger partial charge is 0.220 e. The Labute approximate surface area is 213 Å². The first-order chi connectivity index (χ1) is 17.7. The molecule has 3 aliphatic heterocycles. The molecule has 0 saturated carbocycles. The average molecular weight is 489 g/mol. The predicted molar refractivity (Wildman–Crippen MR) is 141 cm³/mol. The Balaban J connectivity index is 1.09. The van der Waals surface area contributed by atoms with Crippen molar-refractivity contribution in [1.29, 1.82) is 0 Å². The minimum atomic E-state index is 0.0558. The topological polar surface area (TPSA) is 81.2 Å². The third kappa shape index (κ3) is 5.65. The molecule has 2 aromatic carbocycles. The van der Waals surface area contributed by atoms with Crippen LogP contribution in [0.4, 0.5) is 0 Å². The molecule has 3 N–H and O–H groups in total. The molecular formula is C28H36N6O2. The molecule has 5 rings (SSSR count). The van der Waals surface area contributed by atoms with Gasteiger partial charge in [-0.25, -0.2) is 5.43 Å². The van der Waals surface area contributed by atoms with Crippen LogP contribution in [0.15, 0.2) is 72.1 Å². The summed E-state index contributed by atoms with van der Waals surface area (Å²) in [6, 6.07) is 19.1. The number of benzene rings is 2. The highest BCUT2D eigenvalue weighted by Gasteiger charge is 2.44. The lowest BCUT2D eigenvalue weighted by Gasteiger charge is -2.37. The van der Waals surface area contributed by atoms with E-state index in [4.69, 9.17) is 4.74 Å². The fourth-order valence-corrected chi connectivity index (χ4v) is 4.96. The van der Waals surface area contributed by atoms with E-state index in [0.29, 0.717) is 19.4 Å². The number of unbranched alkanes of at least 4 members (excludes halogenated alkanes) is 1. The Morgan fingerprint density at radius 1 is 1.11 bits per heavy atom. The van der Waals surface area contributed by atoms with Crippen LogP contribution in [0.2, 0.25) is 0 Å². The van der Waals surface area contributed by atoms with Crippen LogP contribution in [0.5, 0.6) is 5.75 Å². The summed E-state index contributed by atoms with van der Waals surface area (Å²) in [6.07, 6.45) is 9.21. The summed E-state index contributed by atoms with van der Waals surface area (Å²) in [5.41, 5.74) is 9.40. The van der Waals surface area contributed by atoms with Crippen molar-refractivity contribution in [2.75, 3.05) is 13.2 Å². The number of hydrazine groups is 1. The number of hydrazone groups is 1. The van der Waals surface area contributed by atoms with E-state index in [1.54, 1.807) is 0 Å². The Morgan fingerprint density at radius 3 is 2.75 bits per heavy atom. The van der Waals surface area contributed by atoms with Gasteiger partial charge >= 0.3 is 0 Å². The maximum absolute atomic E-state index is 12.4. The van der Waals surface area contributed by atoms with Gasteiger partial charge in [-0.2, -0.15) is 5.10 Å². The molecule has 36 heavy (non-hydrogen) atoms. The Bertz CT molecular complexity index is 1070. The molecule has 3 aliphatic rings. The highest BCUT2D eigenvalue weighted by molar-refractivity contribution is 5.89. The summed E-state index contributed by atoms with van der Waals surface area (Å²) >= 11 is 0. The third-order valence-corrected chi connectivity index (χ3v) is 7.02. The first-order valence-electron chi connectivity index (χ1n) is 13.1. The zero-order valence-electron chi connectivity index (χ0n) is 20.9. The quantitative estimate of drug-likeness (QED) is 0.419. The second-order valence-corrected chi connectivity index (χ2v) is 9.56. The SMILES string of the molecule is CCCCOc1ccc(C2CC3C4NN=C(CCC(=O)NCCc5ccccc5)N4C=CN3N2)cc1. The van der Waals surface area contributed by atoms with Crippen LogP contribution in [0.1, 0.15) is 56.2 Å². The number of amidine groups is 1. The average Bonchev–Trinajstić information content (AvgIpc) is 3.53. The molecule has 1 saturated heterocycles. The van der Waals surface area contributed by atoms with Gasteiger partial charge in [-0.3, -0.25) is 10.2 Å². The number of fused-ring (bicyclic) bond motifs is 3. The molecule has 190 valence electrons. The number of ether oxygens (including phenoxy) is 1. The van der Waals surface area contributed by atoms with Gasteiger partial charge in [-0.05, 0) is 42.5 Å². The molecule has 0 radical (unpaired) electrons. The Hall–Kier alpha value is -3.52. The molecule has 3 heterocycles. The minimum absolute atomic E-state index is 0.0558. The molecule has 3 unspecified atom stereocenters. The standard InChI is InChI=1S/C28H36N6O2/c1-2-3-19-36-23-11-9-22(10-12-23)24-20-25-28-31-30-26(33(28)17-18-34(25)32-24)13-14-27(35)29-16-15-21-7-5-4-6-8-21/h4-12,17-18,24-25,28,31-32H,2-3,13-16,19-20H2,1H3,(H,29,35). The van der Waals surface area contributed by atoms with Crippen molar-refractivity contribution in [1.82, 2.24) is 26.1 Å². The number of nitrogens with one attached hydrogen (secondary N) is 3. The maximum atomic E-state index is 12.4. The van der Waals surface area contributed by atoms with Crippen molar-refractivity contribution in [3.05, 3.63) is 78.1 Å². The summed E-state index contributed by atoms with van der Waals surface area (Å²) in [5, 5.41) is 9.78. The second kappa shape index (κ2) is 11.5. The van der Waals surface area contributed by atoms with E-state index in [2.05, 4.69) is 80.7 Å². The molecule has 0 aromatic heterocycles. The summed E-state index contributed by atoms with van der Waals surface area (Å²) in [4.78, 5) is 14.6. The van der Waals surface area contributed by atoms with Gasteiger partial charge in [0, 0.05) is 31.8 Å². The normalized spacial score (nSPS) is 22.0. The van der Waals surface area contributed by atoms with E-state index in [1.807, 2.05) is 24.4 Å². The fraction of sp³-hybridized carbons (Fsp3) is 0.429. The molecule has 0 aliphatic carbocycles. The van der Waals surface area contributed by atoms with Crippen molar-refractivity contribution in [3.8, 4) is 5.75 Å². The molecule has 0 bridgehead atoms. The first kappa shape index (κ1) is 24.2. The lowest BCUT2D eigenvalue weighted by atomic mass is 9.99. The van der Waals surface area contributed by atoms with E-state index in [0.717, 1.165) is 43.9 Å². The van der Waals surface area contributed by atoms with Crippen LogP contribution in [0.3, 0.4) is 0 Å². The number of hydrogen-bond donors (Lipinski definition) is 3. The van der Waals surface area contributed by atoms with Crippen molar-refractivity contribution in [3.63, 3.8) is 0 Å². The van der Waals surface area contributed by atoms with Crippen LogP contribution in [0.25, 0.3) is 0 Å². The fourth-order valence-electron chi connectivity index (χ4n) is 4.96. The first-order valence-corrected chi connectivity index (χ1v) is 13.1.